The molecule has 1 aliphatic rings. The van der Waals surface area contributed by atoms with Crippen molar-refractivity contribution in [2.45, 2.75) is 24.5 Å². The van der Waals surface area contributed by atoms with Gasteiger partial charge in [-0.25, -0.2) is 19.3 Å². The molecule has 0 saturated carbocycles. The van der Waals surface area contributed by atoms with Crippen LogP contribution in [0.4, 0.5) is 0 Å². The van der Waals surface area contributed by atoms with Gasteiger partial charge < -0.3 is 20.1 Å². The summed E-state index contributed by atoms with van der Waals surface area (Å²) in [7, 11) is 0. The van der Waals surface area contributed by atoms with Crippen LogP contribution in [-0.2, 0) is 4.74 Å². The van der Waals surface area contributed by atoms with Crippen LogP contribution >= 0.6 is 0 Å². The molecule has 4 N–H and O–H groups in total. The van der Waals surface area contributed by atoms with Crippen LogP contribution in [0.3, 0.4) is 0 Å². The fraction of sp³-hybridized carbons (Fsp3) is 0.455. The first-order valence-corrected chi connectivity index (χ1v) is 6.11. The van der Waals surface area contributed by atoms with Crippen molar-refractivity contribution in [2.24, 2.45) is 0 Å². The predicted molar refractivity (Wildman–Crippen MR) is 67.4 cm³/mol. The molecule has 10 heteroatoms. The van der Waals surface area contributed by atoms with Gasteiger partial charge >= 0.3 is 5.69 Å². The lowest BCUT2D eigenvalue weighted by Gasteiger charge is -2.18. The predicted octanol–water partition coefficient (Wildman–Crippen LogP) is -2.91. The number of aromatic amines is 1. The van der Waals surface area contributed by atoms with Crippen molar-refractivity contribution in [3.63, 3.8) is 0 Å². The van der Waals surface area contributed by atoms with Crippen molar-refractivity contribution in [2.75, 3.05) is 6.61 Å². The molecule has 4 unspecified atom stereocenters. The monoisotopic (exact) mass is 296 g/mol. The Morgan fingerprint density at radius 3 is 2.76 bits per heavy atom. The number of nitrogens with zero attached hydrogens (tertiary/aromatic N) is 3. The molecule has 3 heterocycles. The molecule has 0 aromatic carbocycles. The number of hydrogen-bond donors (Lipinski definition) is 4. The number of aliphatic hydroxyl groups excluding tert-OH is 3. The molecule has 0 amide bonds. The molecule has 2 aromatic heterocycles. The molecule has 4 atom stereocenters. The lowest BCUT2D eigenvalue weighted by Crippen LogP contribution is -2.38. The van der Waals surface area contributed by atoms with Crippen molar-refractivity contribution in [1.29, 1.82) is 0 Å². The van der Waals surface area contributed by atoms with E-state index in [2.05, 4.69) is 15.0 Å². The third kappa shape index (κ3) is 2.05. The summed E-state index contributed by atoms with van der Waals surface area (Å²) in [5.74, 6) is 0. The van der Waals surface area contributed by atoms with E-state index in [0.717, 1.165) is 10.9 Å². The quantitative estimate of drug-likeness (QED) is 0.460. The largest absolute Gasteiger partial charge is 0.394 e. The van der Waals surface area contributed by atoms with Gasteiger partial charge in [0, 0.05) is 6.20 Å². The van der Waals surface area contributed by atoms with Gasteiger partial charge in [0.05, 0.1) is 6.61 Å². The topological polar surface area (TPSA) is 151 Å². The Labute approximate surface area is 116 Å². The molecular weight excluding hydrogens is 284 g/mol. The van der Waals surface area contributed by atoms with E-state index in [-0.39, 0.29) is 11.0 Å². The Kier molecular flexibility index (Phi) is 3.29. The van der Waals surface area contributed by atoms with Crippen molar-refractivity contribution in [3.8, 4) is 0 Å². The minimum atomic E-state index is -1.45. The summed E-state index contributed by atoms with van der Waals surface area (Å²) in [6.45, 7) is -0.528. The minimum Gasteiger partial charge on any atom is -0.394 e. The van der Waals surface area contributed by atoms with Gasteiger partial charge in [-0.2, -0.15) is 0 Å². The standard InChI is InChI=1S/C11H12N4O6/c16-2-5-6(17)7(18)10(21-5)15-8-4(1-12-3-13-8)9(19)14-11(15)20/h1,3,5-7,10,16-18H,2H2,(H,14,19,20). The van der Waals surface area contributed by atoms with E-state index >= 15 is 0 Å². The Hall–Kier alpha value is -2.14. The fourth-order valence-corrected chi connectivity index (χ4v) is 2.33. The smallest absolute Gasteiger partial charge is 0.332 e. The highest BCUT2D eigenvalue weighted by Crippen LogP contribution is 2.29. The second kappa shape index (κ2) is 5.00. The molecule has 0 bridgehead atoms. The van der Waals surface area contributed by atoms with Gasteiger partial charge in [-0.1, -0.05) is 0 Å². The van der Waals surface area contributed by atoms with Gasteiger partial charge in [-0.05, 0) is 0 Å². The zero-order chi connectivity index (χ0) is 15.1. The maximum atomic E-state index is 12.0. The highest BCUT2D eigenvalue weighted by atomic mass is 16.6. The number of aromatic nitrogens is 4. The van der Waals surface area contributed by atoms with E-state index < -0.39 is 42.4 Å². The summed E-state index contributed by atoms with van der Waals surface area (Å²) >= 11 is 0. The molecule has 0 aliphatic carbocycles. The minimum absolute atomic E-state index is 0.0337. The number of aliphatic hydroxyl groups is 3. The van der Waals surface area contributed by atoms with Crippen LogP contribution in [0.25, 0.3) is 11.0 Å². The first-order valence-electron chi connectivity index (χ1n) is 6.11. The maximum absolute atomic E-state index is 12.0. The molecule has 0 radical (unpaired) electrons. The van der Waals surface area contributed by atoms with Gasteiger partial charge in [0.1, 0.15) is 30.0 Å². The van der Waals surface area contributed by atoms with E-state index in [4.69, 9.17) is 9.84 Å². The Morgan fingerprint density at radius 2 is 2.10 bits per heavy atom. The van der Waals surface area contributed by atoms with E-state index in [0.29, 0.717) is 0 Å². The molecule has 2 aromatic rings. The number of fused-ring (bicyclic) bond motifs is 1. The summed E-state index contributed by atoms with van der Waals surface area (Å²) in [5, 5.41) is 28.9. The highest BCUT2D eigenvalue weighted by Gasteiger charge is 2.44. The molecule has 21 heavy (non-hydrogen) atoms. The Balaban J connectivity index is 2.22. The Bertz CT molecular complexity index is 786. The summed E-state index contributed by atoms with van der Waals surface area (Å²) in [4.78, 5) is 33.3. The van der Waals surface area contributed by atoms with Crippen LogP contribution in [0.5, 0.6) is 0 Å². The van der Waals surface area contributed by atoms with Crippen molar-refractivity contribution in [3.05, 3.63) is 33.4 Å². The fourth-order valence-electron chi connectivity index (χ4n) is 2.33. The van der Waals surface area contributed by atoms with E-state index in [1.807, 2.05) is 0 Å². The first-order chi connectivity index (χ1) is 10.0. The molecule has 10 nitrogen and oxygen atoms in total. The van der Waals surface area contributed by atoms with E-state index in [9.17, 15) is 19.8 Å². The molecular formula is C11H12N4O6. The van der Waals surface area contributed by atoms with E-state index in [1.54, 1.807) is 0 Å². The summed E-state index contributed by atoms with van der Waals surface area (Å²) in [6, 6.07) is 0. The summed E-state index contributed by atoms with van der Waals surface area (Å²) < 4.78 is 6.20. The van der Waals surface area contributed by atoms with Crippen molar-refractivity contribution >= 4 is 11.0 Å². The molecule has 1 fully saturated rings. The average molecular weight is 296 g/mol. The number of ether oxygens (including phenoxy) is 1. The SMILES string of the molecule is O=c1[nH]c(=O)n(C2OC(CO)C(O)C2O)c2ncncc12. The van der Waals surface area contributed by atoms with Gasteiger partial charge in [-0.15, -0.1) is 0 Å². The third-order valence-electron chi connectivity index (χ3n) is 3.37. The zero-order valence-electron chi connectivity index (χ0n) is 10.6. The van der Waals surface area contributed by atoms with Gasteiger partial charge in [-0.3, -0.25) is 9.78 Å². The summed E-state index contributed by atoms with van der Waals surface area (Å²) in [6.07, 6.45) is -2.78. The van der Waals surface area contributed by atoms with Crippen molar-refractivity contribution < 1.29 is 20.1 Å². The molecule has 112 valence electrons. The second-order valence-corrected chi connectivity index (χ2v) is 4.62. The number of H-pyrrole nitrogens is 1. The van der Waals surface area contributed by atoms with Crippen LogP contribution < -0.4 is 11.2 Å². The van der Waals surface area contributed by atoms with Crippen LogP contribution in [0.2, 0.25) is 0 Å². The molecule has 1 aliphatic heterocycles. The molecule has 0 spiro atoms. The average Bonchev–Trinajstić information content (AvgIpc) is 2.75. The Morgan fingerprint density at radius 1 is 1.33 bits per heavy atom. The van der Waals surface area contributed by atoms with Gasteiger partial charge in [0.15, 0.2) is 11.9 Å². The van der Waals surface area contributed by atoms with Gasteiger partial charge in [0.2, 0.25) is 0 Å². The van der Waals surface area contributed by atoms with Crippen LogP contribution in [0.15, 0.2) is 22.1 Å². The number of nitrogens with one attached hydrogen (secondary N) is 1. The highest BCUT2D eigenvalue weighted by molar-refractivity contribution is 5.72. The summed E-state index contributed by atoms with van der Waals surface area (Å²) in [5.41, 5.74) is -1.55. The maximum Gasteiger partial charge on any atom is 0.332 e. The third-order valence-corrected chi connectivity index (χ3v) is 3.37. The van der Waals surface area contributed by atoms with E-state index in [1.165, 1.54) is 6.20 Å². The van der Waals surface area contributed by atoms with Crippen molar-refractivity contribution in [1.82, 2.24) is 19.5 Å². The molecule has 3 rings (SSSR count). The second-order valence-electron chi connectivity index (χ2n) is 4.62. The number of hydrogen-bond acceptors (Lipinski definition) is 8. The van der Waals surface area contributed by atoms with Crippen LogP contribution in [0, 0.1) is 0 Å². The van der Waals surface area contributed by atoms with Crippen LogP contribution in [-0.4, -0.2) is 59.8 Å². The lowest BCUT2D eigenvalue weighted by atomic mass is 10.1. The van der Waals surface area contributed by atoms with Crippen LogP contribution in [0.1, 0.15) is 6.23 Å². The zero-order valence-corrected chi connectivity index (χ0v) is 10.6. The molecule has 1 saturated heterocycles. The number of rotatable bonds is 2. The van der Waals surface area contributed by atoms with Gasteiger partial charge in [0.25, 0.3) is 5.56 Å². The lowest BCUT2D eigenvalue weighted by molar-refractivity contribution is -0.0530. The first kappa shape index (κ1) is 13.8. The normalized spacial score (nSPS) is 29.1.